The highest BCUT2D eigenvalue weighted by molar-refractivity contribution is 9.11. The van der Waals surface area contributed by atoms with Gasteiger partial charge in [-0.2, -0.15) is 0 Å². The lowest BCUT2D eigenvalue weighted by Crippen LogP contribution is -2.11. The van der Waals surface area contributed by atoms with Crippen molar-refractivity contribution in [1.29, 1.82) is 0 Å². The zero-order chi connectivity index (χ0) is 24.3. The van der Waals surface area contributed by atoms with Crippen molar-refractivity contribution in [2.45, 2.75) is 33.1 Å². The molecule has 1 heterocycles. The van der Waals surface area contributed by atoms with Crippen molar-refractivity contribution in [3.63, 3.8) is 0 Å². The van der Waals surface area contributed by atoms with Crippen LogP contribution in [0.2, 0.25) is 0 Å². The maximum atomic E-state index is 12.6. The molecule has 3 aromatic rings. The van der Waals surface area contributed by atoms with E-state index in [1.54, 1.807) is 26.2 Å². The molecule has 3 rings (SSSR count). The number of furan rings is 1. The molecule has 1 aromatic heterocycles. The molecule has 0 aliphatic heterocycles. The topological polar surface area (TPSA) is 84.2 Å². The van der Waals surface area contributed by atoms with Gasteiger partial charge in [-0.15, -0.1) is 0 Å². The number of fused-ring (bicyclic) bond motifs is 1. The number of ether oxygens (including phenoxy) is 4. The van der Waals surface area contributed by atoms with E-state index in [4.69, 9.17) is 23.4 Å². The second-order valence-electron chi connectivity index (χ2n) is 7.41. The maximum Gasteiger partial charge on any atom is 0.342 e. The van der Waals surface area contributed by atoms with Gasteiger partial charge >= 0.3 is 11.9 Å². The number of rotatable bonds is 8. The average Bonchev–Trinajstić information content (AvgIpc) is 3.13. The Bertz CT molecular complexity index is 1200. The minimum atomic E-state index is -0.631. The monoisotopic (exact) mass is 582 g/mol. The van der Waals surface area contributed by atoms with Crippen molar-refractivity contribution in [3.8, 4) is 17.2 Å². The number of halogens is 2. The zero-order valence-electron chi connectivity index (χ0n) is 18.9. The smallest absolute Gasteiger partial charge is 0.342 e. The van der Waals surface area contributed by atoms with Crippen molar-refractivity contribution in [2.24, 2.45) is 0 Å². The van der Waals surface area contributed by atoms with Crippen LogP contribution in [0.1, 0.15) is 48.4 Å². The Hall–Kier alpha value is -2.52. The van der Waals surface area contributed by atoms with Gasteiger partial charge in [0.05, 0.1) is 35.2 Å². The number of methoxy groups -OCH3 is 2. The summed E-state index contributed by atoms with van der Waals surface area (Å²) in [6.45, 7) is 6.07. The first-order valence-electron chi connectivity index (χ1n) is 10.2. The number of esters is 2. The minimum Gasteiger partial charge on any atom is -0.496 e. The molecule has 7 nitrogen and oxygen atoms in total. The third-order valence-electron chi connectivity index (χ3n) is 4.94. The Morgan fingerprint density at radius 1 is 1.12 bits per heavy atom. The largest absolute Gasteiger partial charge is 0.496 e. The van der Waals surface area contributed by atoms with E-state index in [1.807, 2.05) is 12.1 Å². The molecule has 0 atom stereocenters. The van der Waals surface area contributed by atoms with Crippen LogP contribution in [0.15, 0.2) is 37.6 Å². The van der Waals surface area contributed by atoms with Gasteiger partial charge in [0, 0.05) is 5.56 Å². The summed E-state index contributed by atoms with van der Waals surface area (Å²) in [6, 6.07) is 7.25. The lowest BCUT2D eigenvalue weighted by atomic mass is 10.0. The van der Waals surface area contributed by atoms with Gasteiger partial charge in [-0.3, -0.25) is 4.79 Å². The Balaban J connectivity index is 2.13. The van der Waals surface area contributed by atoms with Crippen molar-refractivity contribution >= 4 is 54.8 Å². The highest BCUT2D eigenvalue weighted by Gasteiger charge is 2.28. The average molecular weight is 584 g/mol. The van der Waals surface area contributed by atoms with Crippen molar-refractivity contribution in [1.82, 2.24) is 0 Å². The Kier molecular flexibility index (Phi) is 8.07. The second-order valence-corrected chi connectivity index (χ2v) is 9.06. The first kappa shape index (κ1) is 25.1. The van der Waals surface area contributed by atoms with Crippen LogP contribution in [0.25, 0.3) is 11.0 Å². The molecule has 0 unspecified atom stereocenters. The summed E-state index contributed by atoms with van der Waals surface area (Å²) in [4.78, 5) is 24.7. The summed E-state index contributed by atoms with van der Waals surface area (Å²) >= 11 is 7.08. The molecule has 0 saturated carbocycles. The van der Waals surface area contributed by atoms with Gasteiger partial charge < -0.3 is 23.4 Å². The number of carbonyl (C=O) groups excluding carboxylic acids is 2. The van der Waals surface area contributed by atoms with Crippen LogP contribution < -0.4 is 9.47 Å². The number of carbonyl (C=O) groups is 2. The predicted octanol–water partition coefficient (Wildman–Crippen LogP) is 6.77. The first-order chi connectivity index (χ1) is 15.7. The molecular formula is C24H24Br2O7. The maximum absolute atomic E-state index is 12.6. The fraction of sp³-hybridized carbons (Fsp3) is 0.333. The van der Waals surface area contributed by atoms with Gasteiger partial charge in [-0.25, -0.2) is 4.79 Å². The van der Waals surface area contributed by atoms with Crippen LogP contribution in [0.4, 0.5) is 0 Å². The summed E-state index contributed by atoms with van der Waals surface area (Å²) in [5, 5.41) is 0.442. The van der Waals surface area contributed by atoms with E-state index >= 15 is 0 Å². The molecule has 0 bridgehead atoms. The van der Waals surface area contributed by atoms with E-state index in [0.717, 1.165) is 11.3 Å². The Morgan fingerprint density at radius 3 is 2.45 bits per heavy atom. The fourth-order valence-electron chi connectivity index (χ4n) is 3.44. The lowest BCUT2D eigenvalue weighted by Gasteiger charge is -2.15. The van der Waals surface area contributed by atoms with Gasteiger partial charge in [0.2, 0.25) is 0 Å². The summed E-state index contributed by atoms with van der Waals surface area (Å²) in [6.07, 6.45) is -0.205. The molecule has 0 N–H and O–H groups in total. The molecule has 0 spiro atoms. The van der Waals surface area contributed by atoms with E-state index in [0.29, 0.717) is 31.4 Å². The van der Waals surface area contributed by atoms with Crippen LogP contribution in [0.3, 0.4) is 0 Å². The first-order valence-corrected chi connectivity index (χ1v) is 11.8. The molecule has 0 aliphatic carbocycles. The number of hydrogen-bond acceptors (Lipinski definition) is 7. The standard InChI is InChI=1S/C24H24Br2O7/c1-6-31-19(27)11-18-21(24(28)30-5)20-17(33-18)10-15(25)23(22(20)26)32-13-7-8-16(29-4)14(9-13)12(2)3/h7-10,12H,6,11H2,1-5H3. The van der Waals surface area contributed by atoms with Crippen molar-refractivity contribution in [2.75, 3.05) is 20.8 Å². The second kappa shape index (κ2) is 10.6. The van der Waals surface area contributed by atoms with Gasteiger partial charge in [0.15, 0.2) is 5.75 Å². The predicted molar refractivity (Wildman–Crippen MR) is 130 cm³/mol. The van der Waals surface area contributed by atoms with Crippen LogP contribution >= 0.6 is 31.9 Å². The van der Waals surface area contributed by atoms with E-state index in [1.165, 1.54) is 7.11 Å². The number of hydrogen-bond donors (Lipinski definition) is 0. The summed E-state index contributed by atoms with van der Waals surface area (Å²) < 4.78 is 28.5. The third kappa shape index (κ3) is 5.19. The molecule has 176 valence electrons. The van der Waals surface area contributed by atoms with Crippen molar-refractivity contribution < 1.29 is 33.0 Å². The van der Waals surface area contributed by atoms with Crippen LogP contribution in [0.5, 0.6) is 17.2 Å². The summed E-state index contributed by atoms with van der Waals surface area (Å²) in [7, 11) is 2.90. The van der Waals surface area contributed by atoms with Gasteiger partial charge in [-0.1, -0.05) is 13.8 Å². The molecule has 33 heavy (non-hydrogen) atoms. The number of benzene rings is 2. The fourth-order valence-corrected chi connectivity index (χ4v) is 4.88. The highest BCUT2D eigenvalue weighted by atomic mass is 79.9. The van der Waals surface area contributed by atoms with Gasteiger partial charge in [0.25, 0.3) is 0 Å². The molecular weight excluding hydrogens is 560 g/mol. The lowest BCUT2D eigenvalue weighted by molar-refractivity contribution is -0.142. The summed E-state index contributed by atoms with van der Waals surface area (Å²) in [5.74, 6) is 1.06. The molecule has 0 aliphatic rings. The summed E-state index contributed by atoms with van der Waals surface area (Å²) in [5.41, 5.74) is 1.53. The van der Waals surface area contributed by atoms with E-state index in [-0.39, 0.29) is 30.3 Å². The molecule has 9 heteroatoms. The molecule has 0 radical (unpaired) electrons. The van der Waals surface area contributed by atoms with Crippen LogP contribution in [-0.2, 0) is 20.7 Å². The Labute approximate surface area is 208 Å². The quantitative estimate of drug-likeness (QED) is 0.270. The van der Waals surface area contributed by atoms with E-state index in [9.17, 15) is 9.59 Å². The third-order valence-corrected chi connectivity index (χ3v) is 6.29. The molecule has 2 aromatic carbocycles. The van der Waals surface area contributed by atoms with E-state index in [2.05, 4.69) is 45.7 Å². The van der Waals surface area contributed by atoms with Crippen LogP contribution in [-0.4, -0.2) is 32.8 Å². The highest BCUT2D eigenvalue weighted by Crippen LogP contribution is 2.45. The van der Waals surface area contributed by atoms with Crippen molar-refractivity contribution in [3.05, 3.63) is 50.1 Å². The zero-order valence-corrected chi connectivity index (χ0v) is 22.1. The minimum absolute atomic E-state index is 0.141. The molecule has 0 fully saturated rings. The normalized spacial score (nSPS) is 11.0. The van der Waals surface area contributed by atoms with Crippen LogP contribution in [0, 0.1) is 0 Å². The SMILES string of the molecule is CCOC(=O)Cc1oc2cc(Br)c(Oc3ccc(OC)c(C(C)C)c3)c(Br)c2c1C(=O)OC. The molecule has 0 saturated heterocycles. The Morgan fingerprint density at radius 2 is 1.85 bits per heavy atom. The van der Waals surface area contributed by atoms with Gasteiger partial charge in [0.1, 0.15) is 34.8 Å². The van der Waals surface area contributed by atoms with Gasteiger partial charge in [-0.05, 0) is 69.0 Å². The van der Waals surface area contributed by atoms with E-state index < -0.39 is 11.9 Å². The molecule has 0 amide bonds.